The highest BCUT2D eigenvalue weighted by Crippen LogP contribution is 2.22. The number of hydrogen-bond acceptors (Lipinski definition) is 7. The van der Waals surface area contributed by atoms with Crippen LogP contribution in [0.3, 0.4) is 0 Å². The zero-order valence-electron chi connectivity index (χ0n) is 15.2. The lowest BCUT2D eigenvalue weighted by Crippen LogP contribution is -2.49. The van der Waals surface area contributed by atoms with Crippen molar-refractivity contribution in [2.24, 2.45) is 0 Å². The van der Waals surface area contributed by atoms with Gasteiger partial charge in [0.25, 0.3) is 0 Å². The van der Waals surface area contributed by atoms with E-state index in [-0.39, 0.29) is 12.0 Å². The quantitative estimate of drug-likeness (QED) is 0.803. The third-order valence-electron chi connectivity index (χ3n) is 4.71. The van der Waals surface area contributed by atoms with Crippen LogP contribution in [0.25, 0.3) is 0 Å². The molecule has 1 saturated heterocycles. The fourth-order valence-electron chi connectivity index (χ4n) is 3.12. The Bertz CT molecular complexity index is 633. The Balaban J connectivity index is 1.46. The van der Waals surface area contributed by atoms with Crippen molar-refractivity contribution < 1.29 is 9.63 Å². The topological polar surface area (TPSA) is 83.5 Å². The van der Waals surface area contributed by atoms with Crippen LogP contribution in [0.15, 0.2) is 23.0 Å². The molecule has 0 aromatic carbocycles. The zero-order valence-corrected chi connectivity index (χ0v) is 15.2. The van der Waals surface area contributed by atoms with E-state index in [4.69, 9.17) is 4.52 Å². The molecule has 0 spiro atoms. The van der Waals surface area contributed by atoms with Gasteiger partial charge in [0.05, 0.1) is 18.7 Å². The van der Waals surface area contributed by atoms with Crippen LogP contribution < -0.4 is 0 Å². The van der Waals surface area contributed by atoms with Crippen molar-refractivity contribution in [3.8, 4) is 0 Å². The average Bonchev–Trinajstić information content (AvgIpc) is 3.26. The molecule has 1 aliphatic heterocycles. The summed E-state index contributed by atoms with van der Waals surface area (Å²) in [6, 6.07) is 1.99. The average molecular weight is 348 g/mol. The summed E-state index contributed by atoms with van der Waals surface area (Å²) in [5, 5.41) is 18.4. The summed E-state index contributed by atoms with van der Waals surface area (Å²) in [4.78, 5) is 9.16. The highest BCUT2D eigenvalue weighted by molar-refractivity contribution is 4.96. The van der Waals surface area contributed by atoms with Gasteiger partial charge in [-0.2, -0.15) is 10.1 Å². The van der Waals surface area contributed by atoms with Crippen LogP contribution in [0, 0.1) is 0 Å². The van der Waals surface area contributed by atoms with E-state index < -0.39 is 6.10 Å². The minimum absolute atomic E-state index is 0.121. The van der Waals surface area contributed by atoms with E-state index in [9.17, 15) is 5.11 Å². The largest absolute Gasteiger partial charge is 0.390 e. The monoisotopic (exact) mass is 348 g/mol. The van der Waals surface area contributed by atoms with Crippen molar-refractivity contribution in [1.82, 2.24) is 29.7 Å². The van der Waals surface area contributed by atoms with Gasteiger partial charge < -0.3 is 9.63 Å². The lowest BCUT2D eigenvalue weighted by molar-refractivity contribution is 0.0459. The molecule has 0 radical (unpaired) electrons. The first-order chi connectivity index (χ1) is 12.0. The third-order valence-corrected chi connectivity index (χ3v) is 4.71. The highest BCUT2D eigenvalue weighted by Gasteiger charge is 2.26. The molecule has 2 atom stereocenters. The molecule has 0 saturated carbocycles. The second kappa shape index (κ2) is 8.07. The molecule has 1 N–H and O–H groups in total. The summed E-state index contributed by atoms with van der Waals surface area (Å²) in [5.74, 6) is 1.73. The number of nitrogens with zero attached hydrogens (tertiary/aromatic N) is 6. The van der Waals surface area contributed by atoms with Crippen LogP contribution in [-0.2, 0) is 6.54 Å². The maximum absolute atomic E-state index is 10.2. The van der Waals surface area contributed by atoms with Gasteiger partial charge in [0.15, 0.2) is 5.82 Å². The highest BCUT2D eigenvalue weighted by atomic mass is 16.5. The first-order valence-electron chi connectivity index (χ1n) is 8.98. The number of rotatable bonds is 7. The van der Waals surface area contributed by atoms with Crippen LogP contribution in [0.4, 0.5) is 0 Å². The summed E-state index contributed by atoms with van der Waals surface area (Å²) in [6.07, 6.45) is 3.20. The predicted octanol–water partition coefficient (Wildman–Crippen LogP) is 1.13. The second-order valence-electron chi connectivity index (χ2n) is 7.04. The maximum Gasteiger partial charge on any atom is 0.243 e. The van der Waals surface area contributed by atoms with E-state index in [0.717, 1.165) is 32.0 Å². The van der Waals surface area contributed by atoms with Gasteiger partial charge >= 0.3 is 0 Å². The van der Waals surface area contributed by atoms with Crippen LogP contribution in [0.1, 0.15) is 44.4 Å². The van der Waals surface area contributed by atoms with E-state index >= 15 is 0 Å². The van der Waals surface area contributed by atoms with Gasteiger partial charge in [0.2, 0.25) is 5.89 Å². The molecule has 8 heteroatoms. The zero-order chi connectivity index (χ0) is 17.8. The molecule has 1 aliphatic rings. The first-order valence-corrected chi connectivity index (χ1v) is 8.98. The molecular formula is C17H28N6O2. The van der Waals surface area contributed by atoms with E-state index in [2.05, 4.69) is 45.8 Å². The fraction of sp³-hybridized carbons (Fsp3) is 0.706. The van der Waals surface area contributed by atoms with E-state index in [0.29, 0.717) is 19.0 Å². The van der Waals surface area contributed by atoms with Crippen molar-refractivity contribution >= 4 is 0 Å². The van der Waals surface area contributed by atoms with Gasteiger partial charge in [-0.15, -0.1) is 0 Å². The van der Waals surface area contributed by atoms with E-state index in [1.807, 2.05) is 12.3 Å². The Hall–Kier alpha value is -1.77. The summed E-state index contributed by atoms with van der Waals surface area (Å²) < 4.78 is 7.19. The summed E-state index contributed by atoms with van der Waals surface area (Å²) in [7, 11) is 0. The van der Waals surface area contributed by atoms with Gasteiger partial charge in [-0.25, -0.2) is 0 Å². The molecule has 0 unspecified atom stereocenters. The number of β-amino-alcohol motifs (C(OH)–C–C–N with tert-alkyl or cyclic N) is 1. The van der Waals surface area contributed by atoms with Gasteiger partial charge in [-0.1, -0.05) is 19.0 Å². The molecule has 1 fully saturated rings. The van der Waals surface area contributed by atoms with Crippen LogP contribution >= 0.6 is 0 Å². The molecule has 138 valence electrons. The molecule has 3 rings (SSSR count). The van der Waals surface area contributed by atoms with Crippen molar-refractivity contribution in [1.29, 1.82) is 0 Å². The molecule has 0 amide bonds. The molecule has 2 aromatic heterocycles. The van der Waals surface area contributed by atoms with E-state index in [1.54, 1.807) is 10.9 Å². The molecule has 2 aromatic rings. The summed E-state index contributed by atoms with van der Waals surface area (Å²) in [5.41, 5.74) is 0. The number of aliphatic hydroxyl groups excluding tert-OH is 1. The van der Waals surface area contributed by atoms with Crippen molar-refractivity contribution in [2.75, 3.05) is 32.7 Å². The summed E-state index contributed by atoms with van der Waals surface area (Å²) >= 11 is 0. The summed E-state index contributed by atoms with van der Waals surface area (Å²) in [6.45, 7) is 11.1. The number of hydrogen-bond donors (Lipinski definition) is 1. The molecule has 0 aliphatic carbocycles. The minimum atomic E-state index is -0.409. The third kappa shape index (κ3) is 4.65. The van der Waals surface area contributed by atoms with Gasteiger partial charge in [0.1, 0.15) is 0 Å². The minimum Gasteiger partial charge on any atom is -0.390 e. The van der Waals surface area contributed by atoms with Gasteiger partial charge in [0, 0.05) is 51.0 Å². The number of piperazine rings is 1. The normalized spacial score (nSPS) is 19.4. The second-order valence-corrected chi connectivity index (χ2v) is 7.04. The SMILES string of the molecule is CC(C)c1noc([C@@H](C)N2CCN(C[C@H](O)Cn3cccn3)CC2)n1. The Morgan fingerprint density at radius 2 is 1.92 bits per heavy atom. The van der Waals surface area contributed by atoms with Crippen LogP contribution in [0.2, 0.25) is 0 Å². The Labute approximate surface area is 148 Å². The Morgan fingerprint density at radius 3 is 2.52 bits per heavy atom. The molecular weight excluding hydrogens is 320 g/mol. The lowest BCUT2D eigenvalue weighted by atomic mass is 10.2. The first kappa shape index (κ1) is 18.0. The van der Waals surface area contributed by atoms with Gasteiger partial charge in [-0.05, 0) is 13.0 Å². The smallest absolute Gasteiger partial charge is 0.243 e. The fourth-order valence-corrected chi connectivity index (χ4v) is 3.12. The molecule has 0 bridgehead atoms. The van der Waals surface area contributed by atoms with Crippen molar-refractivity contribution in [3.05, 3.63) is 30.2 Å². The van der Waals surface area contributed by atoms with Crippen LogP contribution in [0.5, 0.6) is 0 Å². The number of aromatic nitrogens is 4. The molecule has 25 heavy (non-hydrogen) atoms. The maximum atomic E-state index is 10.2. The van der Waals surface area contributed by atoms with Crippen molar-refractivity contribution in [2.45, 2.75) is 45.4 Å². The lowest BCUT2D eigenvalue weighted by Gasteiger charge is -2.37. The standard InChI is InChI=1S/C17H28N6O2/c1-13(2)16-19-17(25-20-16)14(3)22-9-7-21(8-10-22)11-15(24)12-23-6-4-5-18-23/h4-6,13-15,24H,7-12H2,1-3H3/t14-,15+/m1/s1. The van der Waals surface area contributed by atoms with Gasteiger partial charge in [-0.3, -0.25) is 14.5 Å². The predicted molar refractivity (Wildman–Crippen MR) is 93.0 cm³/mol. The van der Waals surface area contributed by atoms with Crippen LogP contribution in [-0.4, -0.2) is 73.7 Å². The Kier molecular flexibility index (Phi) is 5.82. The molecule has 8 nitrogen and oxygen atoms in total. The Morgan fingerprint density at radius 1 is 1.16 bits per heavy atom. The number of aliphatic hydroxyl groups is 1. The van der Waals surface area contributed by atoms with Crippen molar-refractivity contribution in [3.63, 3.8) is 0 Å². The molecule has 3 heterocycles. The van der Waals surface area contributed by atoms with E-state index in [1.165, 1.54) is 0 Å².